The van der Waals surface area contributed by atoms with Gasteiger partial charge >= 0.3 is 0 Å². The number of para-hydroxylation sites is 2. The van der Waals surface area contributed by atoms with Gasteiger partial charge in [-0.05, 0) is 203 Å². The molecule has 0 aliphatic rings. The number of halogens is 2. The van der Waals surface area contributed by atoms with E-state index in [1.165, 1.54) is 33.4 Å². The van der Waals surface area contributed by atoms with Gasteiger partial charge in [0.05, 0.1) is 22.7 Å². The molecule has 0 fully saturated rings. The Morgan fingerprint density at radius 2 is 0.618 bits per heavy atom. The number of hydrogen-bond donors (Lipinski definition) is 0. The van der Waals surface area contributed by atoms with Crippen molar-refractivity contribution in [2.24, 2.45) is 0 Å². The van der Waals surface area contributed by atoms with Gasteiger partial charge in [-0.3, -0.25) is 0 Å². The first-order valence-corrected chi connectivity index (χ1v) is 26.2. The average molecular weight is 989 g/mol. The molecule has 0 N–H and O–H groups in total. The molecule has 0 spiro atoms. The van der Waals surface area contributed by atoms with Crippen LogP contribution in [0.3, 0.4) is 0 Å². The number of hydrogen-bond acceptors (Lipinski definition) is 2. The number of benzene rings is 12. The number of nitrogens with zero attached hydrogens (tertiary/aromatic N) is 2. The molecular formula is C72H58F2N2. The van der Waals surface area contributed by atoms with Crippen LogP contribution in [0, 0.1) is 67.0 Å². The van der Waals surface area contributed by atoms with Crippen molar-refractivity contribution in [3.05, 3.63) is 262 Å². The highest BCUT2D eigenvalue weighted by Crippen LogP contribution is 2.53. The zero-order valence-corrected chi connectivity index (χ0v) is 44.3. The van der Waals surface area contributed by atoms with Gasteiger partial charge in [0.2, 0.25) is 0 Å². The normalized spacial score (nSPS) is 11.6. The lowest BCUT2D eigenvalue weighted by molar-refractivity contribution is 0.629. The van der Waals surface area contributed by atoms with E-state index in [0.717, 1.165) is 111 Å². The van der Waals surface area contributed by atoms with Gasteiger partial charge < -0.3 is 9.80 Å². The molecule has 0 heterocycles. The highest BCUT2D eigenvalue weighted by molar-refractivity contribution is 6.28. The van der Waals surface area contributed by atoms with Gasteiger partial charge in [-0.2, -0.15) is 0 Å². The second-order valence-electron chi connectivity index (χ2n) is 20.8. The van der Waals surface area contributed by atoms with Gasteiger partial charge in [-0.15, -0.1) is 0 Å². The summed E-state index contributed by atoms with van der Waals surface area (Å²) in [5.41, 5.74) is 21.0. The average Bonchev–Trinajstić information content (AvgIpc) is 3.48. The smallest absolute Gasteiger partial charge is 0.147 e. The summed E-state index contributed by atoms with van der Waals surface area (Å²) in [7, 11) is 0. The molecule has 2 nitrogen and oxygen atoms in total. The zero-order valence-electron chi connectivity index (χ0n) is 44.3. The van der Waals surface area contributed by atoms with Crippen LogP contribution < -0.4 is 9.80 Å². The monoisotopic (exact) mass is 988 g/mol. The fraction of sp³-hybridized carbons (Fsp3) is 0.111. The maximum absolute atomic E-state index is 17.8. The minimum atomic E-state index is -0.333. The molecular weight excluding hydrogens is 931 g/mol. The molecule has 0 aromatic heterocycles. The molecule has 0 aliphatic carbocycles. The first-order valence-electron chi connectivity index (χ1n) is 26.2. The summed E-state index contributed by atoms with van der Waals surface area (Å²) in [6.07, 6.45) is 0. The van der Waals surface area contributed by atoms with E-state index >= 15 is 8.78 Å². The number of aryl methyl sites for hydroxylation is 8. The molecule has 370 valence electrons. The molecule has 0 amide bonds. The van der Waals surface area contributed by atoms with Crippen LogP contribution in [0.15, 0.2) is 206 Å². The molecule has 0 radical (unpaired) electrons. The Labute approximate surface area is 445 Å². The van der Waals surface area contributed by atoms with E-state index in [-0.39, 0.29) is 11.6 Å². The van der Waals surface area contributed by atoms with E-state index in [4.69, 9.17) is 0 Å². The minimum absolute atomic E-state index is 0.333. The summed E-state index contributed by atoms with van der Waals surface area (Å²) in [6, 6.07) is 70.8. The van der Waals surface area contributed by atoms with Gasteiger partial charge in [0, 0.05) is 33.3 Å². The van der Waals surface area contributed by atoms with Gasteiger partial charge in [-0.1, -0.05) is 158 Å². The second-order valence-corrected chi connectivity index (χ2v) is 20.8. The molecule has 12 rings (SSSR count). The lowest BCUT2D eigenvalue weighted by Crippen LogP contribution is -2.15. The Morgan fingerprint density at radius 1 is 0.289 bits per heavy atom. The Kier molecular flexibility index (Phi) is 12.1. The van der Waals surface area contributed by atoms with Crippen LogP contribution in [0.5, 0.6) is 0 Å². The quantitative estimate of drug-likeness (QED) is 0.126. The van der Waals surface area contributed by atoms with Crippen LogP contribution in [0.25, 0.3) is 76.8 Å². The maximum Gasteiger partial charge on any atom is 0.147 e. The molecule has 12 aromatic carbocycles. The second kappa shape index (κ2) is 19.1. The standard InChI is InChI=1S/C72H58F2N2/c1-43-19-23-53(39-47(43)5)59-33-35-63(73)71(69(59)55-25-21-45(3)49(7)41-55)75(57-15-11-9-12-16-57)65-37-29-51-28-32-62-66(38-30-52-27-31-61(65)67(51)68(52)62)76(58-17-13-10-14-18-58)72-64(74)36-34-60(54-24-20-44(2)48(6)40-54)70(72)56-26-22-46(4)50(8)42-56/h9-42H,1-8H3. The summed E-state index contributed by atoms with van der Waals surface area (Å²) in [4.78, 5) is 4.24. The van der Waals surface area contributed by atoms with Crippen molar-refractivity contribution < 1.29 is 8.78 Å². The first kappa shape index (κ1) is 48.1. The fourth-order valence-electron chi connectivity index (χ4n) is 11.3. The molecule has 0 bridgehead atoms. The van der Waals surface area contributed by atoms with E-state index in [2.05, 4.69) is 211 Å². The summed E-state index contributed by atoms with van der Waals surface area (Å²) >= 11 is 0. The number of rotatable bonds is 10. The molecule has 0 aliphatic heterocycles. The van der Waals surface area contributed by atoms with Gasteiger partial charge in [0.25, 0.3) is 0 Å². The van der Waals surface area contributed by atoms with Gasteiger partial charge in [-0.25, -0.2) is 8.78 Å². The SMILES string of the molecule is Cc1ccc(-c2ccc(F)c(N(c3ccccc3)c3ccc4ccc5c(N(c6ccccc6)c6c(F)ccc(-c7ccc(C)c(C)c7)c6-c6ccc(C)c(C)c6)ccc6ccc3c4c65)c2-c2ccc(C)c(C)c2)cc1C. The van der Waals surface area contributed by atoms with Crippen LogP contribution in [-0.2, 0) is 0 Å². The van der Waals surface area contributed by atoms with E-state index in [1.54, 1.807) is 12.1 Å². The van der Waals surface area contributed by atoms with E-state index in [1.807, 2.05) is 48.5 Å². The number of anilines is 6. The summed E-state index contributed by atoms with van der Waals surface area (Å²) in [5.74, 6) is -0.665. The third kappa shape index (κ3) is 8.17. The fourth-order valence-corrected chi connectivity index (χ4v) is 11.3. The van der Waals surface area contributed by atoms with E-state index in [9.17, 15) is 0 Å². The van der Waals surface area contributed by atoms with Gasteiger partial charge in [0.15, 0.2) is 0 Å². The highest BCUT2D eigenvalue weighted by atomic mass is 19.1. The Morgan fingerprint density at radius 3 is 0.974 bits per heavy atom. The Balaban J connectivity index is 1.15. The first-order chi connectivity index (χ1) is 36.8. The van der Waals surface area contributed by atoms with Crippen LogP contribution in [0.2, 0.25) is 0 Å². The lowest BCUT2D eigenvalue weighted by Gasteiger charge is -2.32. The minimum Gasteiger partial charge on any atom is -0.307 e. The molecule has 0 unspecified atom stereocenters. The molecule has 76 heavy (non-hydrogen) atoms. The third-order valence-electron chi connectivity index (χ3n) is 16.1. The van der Waals surface area contributed by atoms with Gasteiger partial charge in [0.1, 0.15) is 11.6 Å². The Bertz CT molecular complexity index is 3960. The zero-order chi connectivity index (χ0) is 52.5. The van der Waals surface area contributed by atoms with E-state index < -0.39 is 0 Å². The largest absolute Gasteiger partial charge is 0.307 e. The van der Waals surface area contributed by atoms with E-state index in [0.29, 0.717) is 11.4 Å². The van der Waals surface area contributed by atoms with Crippen molar-refractivity contribution in [2.45, 2.75) is 55.4 Å². The van der Waals surface area contributed by atoms with Crippen LogP contribution in [-0.4, -0.2) is 0 Å². The van der Waals surface area contributed by atoms with Crippen molar-refractivity contribution in [3.8, 4) is 44.5 Å². The highest BCUT2D eigenvalue weighted by Gasteiger charge is 2.30. The predicted octanol–water partition coefficient (Wildman–Crippen LogP) is 20.9. The van der Waals surface area contributed by atoms with Crippen LogP contribution in [0.4, 0.5) is 42.9 Å². The van der Waals surface area contributed by atoms with Crippen molar-refractivity contribution in [1.29, 1.82) is 0 Å². The molecule has 0 atom stereocenters. The summed E-state index contributed by atoms with van der Waals surface area (Å²) in [5, 5.41) is 6.10. The maximum atomic E-state index is 17.8. The van der Waals surface area contributed by atoms with Crippen molar-refractivity contribution >= 4 is 66.4 Å². The van der Waals surface area contributed by atoms with Crippen LogP contribution >= 0.6 is 0 Å². The predicted molar refractivity (Wildman–Crippen MR) is 319 cm³/mol. The van der Waals surface area contributed by atoms with Crippen molar-refractivity contribution in [3.63, 3.8) is 0 Å². The Hall–Kier alpha value is -8.86. The summed E-state index contributed by atoms with van der Waals surface area (Å²) < 4.78 is 35.5. The molecule has 0 saturated heterocycles. The van der Waals surface area contributed by atoms with Crippen molar-refractivity contribution in [2.75, 3.05) is 9.80 Å². The molecule has 12 aromatic rings. The topological polar surface area (TPSA) is 6.48 Å². The third-order valence-corrected chi connectivity index (χ3v) is 16.1. The van der Waals surface area contributed by atoms with Crippen LogP contribution in [0.1, 0.15) is 44.5 Å². The molecule has 4 heteroatoms. The lowest BCUT2D eigenvalue weighted by atomic mass is 9.88. The molecule has 0 saturated carbocycles. The van der Waals surface area contributed by atoms with Crippen molar-refractivity contribution in [1.82, 2.24) is 0 Å². The summed E-state index contributed by atoms with van der Waals surface area (Å²) in [6.45, 7) is 17.0.